The summed E-state index contributed by atoms with van der Waals surface area (Å²) in [6.45, 7) is 0. The molecule has 2 heteroatoms. The first-order chi connectivity index (χ1) is 1.41. The number of hydrogen-bond donors (Lipinski definition) is 0. The molecule has 0 saturated carbocycles. The third-order valence-electron chi connectivity index (χ3n) is 0. The molecule has 0 heterocycles. The van der Waals surface area contributed by atoms with Crippen molar-refractivity contribution in [2.24, 2.45) is 0 Å². The molecule has 4 heavy (non-hydrogen) atoms. The zero-order valence-electron chi connectivity index (χ0n) is 2.56. The Morgan fingerprint density at radius 3 is 1.75 bits per heavy atom. The van der Waals surface area contributed by atoms with Gasteiger partial charge in [0.2, 0.25) is 0 Å². The summed E-state index contributed by atoms with van der Waals surface area (Å²) >= 11 is 1.50. The van der Waals surface area contributed by atoms with Gasteiger partial charge in [0.05, 0.1) is 0 Å². The molecular formula is C2H5SV-. The Kier molecular flexibility index (Phi) is 20.1. The molecular weight excluding hydrogens is 107 g/mol. The van der Waals surface area contributed by atoms with Crippen molar-refractivity contribution in [2.75, 3.05) is 6.26 Å². The average Bonchev–Trinajstić information content (AvgIpc) is 0.918. The Bertz CT molecular complexity index is 6.00. The molecule has 0 saturated heterocycles. The maximum Gasteiger partial charge on any atom is 0 e. The van der Waals surface area contributed by atoms with E-state index in [1.807, 2.05) is 6.26 Å². The summed E-state index contributed by atoms with van der Waals surface area (Å²) in [5, 5.41) is 0. The second kappa shape index (κ2) is 9.05. The molecule has 0 aromatic rings. The van der Waals surface area contributed by atoms with E-state index in [9.17, 15) is 0 Å². The molecule has 0 spiro atoms. The third kappa shape index (κ3) is 12.6. The SMILES string of the molecule is [CH2-]SC.[V]. The van der Waals surface area contributed by atoms with E-state index in [2.05, 4.69) is 6.26 Å². The van der Waals surface area contributed by atoms with Crippen molar-refractivity contribution >= 4 is 11.8 Å². The van der Waals surface area contributed by atoms with Crippen LogP contribution in [0.25, 0.3) is 0 Å². The topological polar surface area (TPSA) is 0 Å². The van der Waals surface area contributed by atoms with E-state index in [4.69, 9.17) is 0 Å². The predicted molar refractivity (Wildman–Crippen MR) is 18.9 cm³/mol. The van der Waals surface area contributed by atoms with E-state index < -0.39 is 0 Å². The van der Waals surface area contributed by atoms with Crippen LogP contribution in [-0.4, -0.2) is 6.26 Å². The van der Waals surface area contributed by atoms with Crippen LogP contribution in [0.1, 0.15) is 0 Å². The molecule has 0 N–H and O–H groups in total. The second-order valence-electron chi connectivity index (χ2n) is 0.289. The summed E-state index contributed by atoms with van der Waals surface area (Å²) in [5.41, 5.74) is 0. The van der Waals surface area contributed by atoms with Gasteiger partial charge < -0.3 is 11.8 Å². The smallest absolute Gasteiger partial charge is 0 e. The van der Waals surface area contributed by atoms with Gasteiger partial charge in [-0.05, 0) is 6.26 Å². The molecule has 0 atom stereocenters. The van der Waals surface area contributed by atoms with Gasteiger partial charge in [-0.3, -0.25) is 6.26 Å². The van der Waals surface area contributed by atoms with Crippen LogP contribution in [0.2, 0.25) is 0 Å². The van der Waals surface area contributed by atoms with E-state index in [1.54, 1.807) is 0 Å². The van der Waals surface area contributed by atoms with Crippen molar-refractivity contribution in [1.29, 1.82) is 0 Å². The van der Waals surface area contributed by atoms with Crippen LogP contribution in [0, 0.1) is 6.26 Å². The predicted octanol–water partition coefficient (Wildman–Crippen LogP) is 1.14. The maximum absolute atomic E-state index is 3.40. The van der Waals surface area contributed by atoms with Gasteiger partial charge >= 0.3 is 0 Å². The molecule has 0 rings (SSSR count). The van der Waals surface area contributed by atoms with Crippen molar-refractivity contribution in [2.45, 2.75) is 0 Å². The van der Waals surface area contributed by atoms with Crippen molar-refractivity contribution in [3.05, 3.63) is 6.26 Å². The van der Waals surface area contributed by atoms with Crippen molar-refractivity contribution in [3.63, 3.8) is 0 Å². The molecule has 0 aromatic carbocycles. The Labute approximate surface area is 43.2 Å². The minimum Gasteiger partial charge on any atom is -0.357 e. The quantitative estimate of drug-likeness (QED) is 0.423. The Balaban J connectivity index is 0. The summed E-state index contributed by atoms with van der Waals surface area (Å²) in [6.07, 6.45) is 5.33. The van der Waals surface area contributed by atoms with Crippen LogP contribution in [0.4, 0.5) is 0 Å². The minimum atomic E-state index is 0. The van der Waals surface area contributed by atoms with Gasteiger partial charge in [-0.25, -0.2) is 0 Å². The molecule has 0 unspecified atom stereocenters. The Morgan fingerprint density at radius 1 is 1.75 bits per heavy atom. The van der Waals surface area contributed by atoms with Gasteiger partial charge in [-0.15, -0.1) is 0 Å². The monoisotopic (exact) mass is 112 g/mol. The van der Waals surface area contributed by atoms with E-state index in [1.165, 1.54) is 11.8 Å². The van der Waals surface area contributed by atoms with Crippen LogP contribution in [0.3, 0.4) is 0 Å². The fourth-order valence-corrected chi connectivity index (χ4v) is 0. The third-order valence-corrected chi connectivity index (χ3v) is 0. The molecule has 0 fully saturated rings. The molecule has 0 aliphatic rings. The van der Waals surface area contributed by atoms with E-state index in [0.717, 1.165) is 0 Å². The largest absolute Gasteiger partial charge is 0.357 e. The van der Waals surface area contributed by atoms with Crippen molar-refractivity contribution < 1.29 is 18.6 Å². The molecule has 1 radical (unpaired) electrons. The minimum absolute atomic E-state index is 0. The van der Waals surface area contributed by atoms with Crippen LogP contribution in [-0.2, 0) is 18.6 Å². The fraction of sp³-hybridized carbons (Fsp3) is 0.500. The van der Waals surface area contributed by atoms with Crippen LogP contribution >= 0.6 is 11.8 Å². The van der Waals surface area contributed by atoms with Crippen LogP contribution in [0.15, 0.2) is 0 Å². The van der Waals surface area contributed by atoms with Crippen LogP contribution in [0.5, 0.6) is 0 Å². The zero-order valence-corrected chi connectivity index (χ0v) is 4.78. The Hall–Kier alpha value is 0.934. The van der Waals surface area contributed by atoms with Gasteiger partial charge in [-0.1, -0.05) is 0 Å². The molecule has 0 bridgehead atoms. The fourth-order valence-electron chi connectivity index (χ4n) is 0. The first kappa shape index (κ1) is 8.87. The number of rotatable bonds is 0. The first-order valence-electron chi connectivity index (χ1n) is 0.697. The average molecular weight is 112 g/mol. The summed E-state index contributed by atoms with van der Waals surface area (Å²) < 4.78 is 0. The van der Waals surface area contributed by atoms with Gasteiger partial charge in [0.1, 0.15) is 0 Å². The molecule has 25 valence electrons. The number of thioether (sulfide) groups is 1. The van der Waals surface area contributed by atoms with Gasteiger partial charge in [-0.2, -0.15) is 0 Å². The standard InChI is InChI=1S/C2H5S.V/c1-3-2;/h1H2,2H3;/q-1;. The van der Waals surface area contributed by atoms with E-state index in [0.29, 0.717) is 0 Å². The molecule has 0 aromatic heterocycles. The van der Waals surface area contributed by atoms with Crippen molar-refractivity contribution in [3.8, 4) is 0 Å². The summed E-state index contributed by atoms with van der Waals surface area (Å²) in [6, 6.07) is 0. The summed E-state index contributed by atoms with van der Waals surface area (Å²) in [4.78, 5) is 0. The first-order valence-corrected chi connectivity index (χ1v) is 2.09. The molecule has 0 aliphatic carbocycles. The maximum atomic E-state index is 3.40. The van der Waals surface area contributed by atoms with Crippen molar-refractivity contribution in [1.82, 2.24) is 0 Å². The van der Waals surface area contributed by atoms with Gasteiger partial charge in [0.25, 0.3) is 0 Å². The molecule has 0 amide bonds. The normalized spacial score (nSPS) is 4.50. The molecule has 0 nitrogen and oxygen atoms in total. The van der Waals surface area contributed by atoms with E-state index >= 15 is 0 Å². The van der Waals surface area contributed by atoms with Gasteiger partial charge in [0.15, 0.2) is 0 Å². The second-order valence-corrected chi connectivity index (χ2v) is 0.866. The zero-order chi connectivity index (χ0) is 2.71. The van der Waals surface area contributed by atoms with Crippen LogP contribution < -0.4 is 0 Å². The number of hydrogen-bond acceptors (Lipinski definition) is 1. The Morgan fingerprint density at radius 2 is 1.75 bits per heavy atom. The summed E-state index contributed by atoms with van der Waals surface area (Å²) in [5.74, 6) is 0. The van der Waals surface area contributed by atoms with E-state index in [-0.39, 0.29) is 18.6 Å². The molecule has 0 aliphatic heterocycles. The summed E-state index contributed by atoms with van der Waals surface area (Å²) in [7, 11) is 0. The van der Waals surface area contributed by atoms with Gasteiger partial charge in [0, 0.05) is 18.6 Å².